The van der Waals surface area contributed by atoms with Crippen molar-refractivity contribution in [1.82, 2.24) is 10.6 Å². The molecule has 2 rings (SSSR count). The Morgan fingerprint density at radius 1 is 1.15 bits per heavy atom. The highest BCUT2D eigenvalue weighted by Gasteiger charge is 2.16. The smallest absolute Gasteiger partial charge is 0.220 e. The summed E-state index contributed by atoms with van der Waals surface area (Å²) in [6.07, 6.45) is 2.49. The first-order valence-electron chi connectivity index (χ1n) is 7.25. The standard InChI is InChI=1S/C16H22N2O2/c1-12-2-4-13(5-3-12)15(19)6-7-16(20)18-14-8-10-17-11-9-14/h2-5,14,17H,6-11H2,1H3,(H,18,20). The van der Waals surface area contributed by atoms with Crippen LogP contribution in [0.15, 0.2) is 24.3 Å². The van der Waals surface area contributed by atoms with Crippen molar-refractivity contribution in [2.75, 3.05) is 13.1 Å². The Labute approximate surface area is 119 Å². The first kappa shape index (κ1) is 14.7. The minimum Gasteiger partial charge on any atom is -0.353 e. The van der Waals surface area contributed by atoms with Gasteiger partial charge in [0.15, 0.2) is 5.78 Å². The molecule has 1 aliphatic rings. The van der Waals surface area contributed by atoms with Crippen LogP contribution in [0.25, 0.3) is 0 Å². The van der Waals surface area contributed by atoms with Crippen LogP contribution in [0.4, 0.5) is 0 Å². The van der Waals surface area contributed by atoms with E-state index < -0.39 is 0 Å². The Kier molecular flexibility index (Phi) is 5.30. The Bertz CT molecular complexity index is 462. The molecule has 0 aromatic heterocycles. The third-order valence-corrected chi connectivity index (χ3v) is 3.66. The number of nitrogens with one attached hydrogen (secondary N) is 2. The molecule has 1 saturated heterocycles. The van der Waals surface area contributed by atoms with Crippen LogP contribution in [0.3, 0.4) is 0 Å². The summed E-state index contributed by atoms with van der Waals surface area (Å²) in [5.41, 5.74) is 1.82. The largest absolute Gasteiger partial charge is 0.353 e. The van der Waals surface area contributed by atoms with E-state index in [0.717, 1.165) is 31.5 Å². The van der Waals surface area contributed by atoms with Crippen LogP contribution in [0, 0.1) is 6.92 Å². The second-order valence-electron chi connectivity index (χ2n) is 5.38. The summed E-state index contributed by atoms with van der Waals surface area (Å²) in [4.78, 5) is 23.8. The molecule has 0 saturated carbocycles. The van der Waals surface area contributed by atoms with Gasteiger partial charge in [-0.25, -0.2) is 0 Å². The van der Waals surface area contributed by atoms with Crippen LogP contribution < -0.4 is 10.6 Å². The summed E-state index contributed by atoms with van der Waals surface area (Å²) in [7, 11) is 0. The second-order valence-corrected chi connectivity index (χ2v) is 5.38. The molecule has 0 atom stereocenters. The third kappa shape index (κ3) is 4.46. The molecule has 0 spiro atoms. The number of piperidine rings is 1. The fraction of sp³-hybridized carbons (Fsp3) is 0.500. The first-order chi connectivity index (χ1) is 9.65. The fourth-order valence-corrected chi connectivity index (χ4v) is 2.38. The van der Waals surface area contributed by atoms with E-state index in [1.54, 1.807) is 0 Å². The Hall–Kier alpha value is -1.68. The maximum atomic E-state index is 12.0. The minimum atomic E-state index is -0.0163. The van der Waals surface area contributed by atoms with Crippen molar-refractivity contribution in [3.63, 3.8) is 0 Å². The third-order valence-electron chi connectivity index (χ3n) is 3.66. The Morgan fingerprint density at radius 2 is 1.80 bits per heavy atom. The lowest BCUT2D eigenvalue weighted by molar-refractivity contribution is -0.121. The number of ketones is 1. The maximum absolute atomic E-state index is 12.0. The number of rotatable bonds is 5. The quantitative estimate of drug-likeness (QED) is 0.805. The van der Waals surface area contributed by atoms with Crippen molar-refractivity contribution in [2.45, 2.75) is 38.6 Å². The van der Waals surface area contributed by atoms with Gasteiger partial charge >= 0.3 is 0 Å². The summed E-state index contributed by atoms with van der Waals surface area (Å²) < 4.78 is 0. The highest BCUT2D eigenvalue weighted by atomic mass is 16.2. The number of benzene rings is 1. The SMILES string of the molecule is Cc1ccc(C(=O)CCC(=O)NC2CCNCC2)cc1. The van der Waals surface area contributed by atoms with E-state index in [0.29, 0.717) is 5.56 Å². The van der Waals surface area contributed by atoms with Gasteiger partial charge in [-0.05, 0) is 32.9 Å². The van der Waals surface area contributed by atoms with Gasteiger partial charge in [0.2, 0.25) is 5.91 Å². The highest BCUT2D eigenvalue weighted by molar-refractivity contribution is 5.97. The van der Waals surface area contributed by atoms with E-state index in [1.807, 2.05) is 31.2 Å². The van der Waals surface area contributed by atoms with Crippen molar-refractivity contribution < 1.29 is 9.59 Å². The summed E-state index contributed by atoms with van der Waals surface area (Å²) >= 11 is 0. The molecule has 1 aromatic rings. The molecule has 2 N–H and O–H groups in total. The lowest BCUT2D eigenvalue weighted by atomic mass is 10.0. The van der Waals surface area contributed by atoms with Crippen molar-refractivity contribution in [2.24, 2.45) is 0 Å². The molecule has 4 nitrogen and oxygen atoms in total. The number of hydrogen-bond donors (Lipinski definition) is 2. The van der Waals surface area contributed by atoms with Gasteiger partial charge in [-0.15, -0.1) is 0 Å². The van der Waals surface area contributed by atoms with Crippen LogP contribution in [-0.4, -0.2) is 30.8 Å². The zero-order valence-corrected chi connectivity index (χ0v) is 11.9. The van der Waals surface area contributed by atoms with E-state index in [1.165, 1.54) is 0 Å². The zero-order valence-electron chi connectivity index (χ0n) is 11.9. The molecule has 1 aromatic carbocycles. The molecule has 1 aliphatic heterocycles. The van der Waals surface area contributed by atoms with E-state index >= 15 is 0 Å². The molecule has 20 heavy (non-hydrogen) atoms. The maximum Gasteiger partial charge on any atom is 0.220 e. The van der Waals surface area contributed by atoms with Crippen molar-refractivity contribution in [3.8, 4) is 0 Å². The van der Waals surface area contributed by atoms with Crippen LogP contribution in [-0.2, 0) is 4.79 Å². The van der Waals surface area contributed by atoms with Gasteiger partial charge in [0.05, 0.1) is 0 Å². The minimum absolute atomic E-state index is 0.0163. The molecule has 0 aliphatic carbocycles. The molecule has 0 unspecified atom stereocenters. The number of hydrogen-bond acceptors (Lipinski definition) is 3. The van der Waals surface area contributed by atoms with E-state index in [4.69, 9.17) is 0 Å². The topological polar surface area (TPSA) is 58.2 Å². The lowest BCUT2D eigenvalue weighted by Gasteiger charge is -2.23. The fourth-order valence-electron chi connectivity index (χ4n) is 2.38. The summed E-state index contributed by atoms with van der Waals surface area (Å²) in [6, 6.07) is 7.74. The van der Waals surface area contributed by atoms with Crippen LogP contribution in [0.2, 0.25) is 0 Å². The predicted octanol–water partition coefficient (Wildman–Crippen LogP) is 1.83. The van der Waals surface area contributed by atoms with Gasteiger partial charge in [-0.1, -0.05) is 29.8 Å². The lowest BCUT2D eigenvalue weighted by Crippen LogP contribution is -2.42. The van der Waals surface area contributed by atoms with Gasteiger partial charge in [0.1, 0.15) is 0 Å². The molecule has 1 fully saturated rings. The van der Waals surface area contributed by atoms with Crippen molar-refractivity contribution >= 4 is 11.7 Å². The molecule has 1 amide bonds. The number of carbonyl (C=O) groups is 2. The van der Waals surface area contributed by atoms with Gasteiger partial charge < -0.3 is 10.6 Å². The van der Waals surface area contributed by atoms with E-state index in [9.17, 15) is 9.59 Å². The predicted molar refractivity (Wildman–Crippen MR) is 78.8 cm³/mol. The number of amides is 1. The second kappa shape index (κ2) is 7.20. The van der Waals surface area contributed by atoms with Gasteiger partial charge in [0, 0.05) is 24.4 Å². The summed E-state index contributed by atoms with van der Waals surface area (Å²) in [6.45, 7) is 3.89. The van der Waals surface area contributed by atoms with Crippen molar-refractivity contribution in [3.05, 3.63) is 35.4 Å². The molecular formula is C16H22N2O2. The zero-order chi connectivity index (χ0) is 14.4. The van der Waals surface area contributed by atoms with Gasteiger partial charge in [0.25, 0.3) is 0 Å². The van der Waals surface area contributed by atoms with E-state index in [-0.39, 0.29) is 30.6 Å². The van der Waals surface area contributed by atoms with Crippen molar-refractivity contribution in [1.29, 1.82) is 0 Å². The molecule has 108 valence electrons. The normalized spacial score (nSPS) is 15.8. The highest BCUT2D eigenvalue weighted by Crippen LogP contribution is 2.08. The monoisotopic (exact) mass is 274 g/mol. The van der Waals surface area contributed by atoms with Crippen LogP contribution in [0.5, 0.6) is 0 Å². The van der Waals surface area contributed by atoms with Gasteiger partial charge in [-0.3, -0.25) is 9.59 Å². The summed E-state index contributed by atoms with van der Waals surface area (Å²) in [5.74, 6) is 0.0165. The number of carbonyl (C=O) groups excluding carboxylic acids is 2. The summed E-state index contributed by atoms with van der Waals surface area (Å²) in [5, 5.41) is 6.26. The first-order valence-corrected chi connectivity index (χ1v) is 7.25. The Balaban J connectivity index is 1.75. The average molecular weight is 274 g/mol. The van der Waals surface area contributed by atoms with Crippen LogP contribution >= 0.6 is 0 Å². The average Bonchev–Trinajstić information content (AvgIpc) is 2.46. The number of Topliss-reactive ketones (excluding diaryl/α,β-unsaturated/α-hetero) is 1. The molecule has 0 radical (unpaired) electrons. The van der Waals surface area contributed by atoms with Crippen LogP contribution in [0.1, 0.15) is 41.6 Å². The number of aryl methyl sites for hydroxylation is 1. The van der Waals surface area contributed by atoms with E-state index in [2.05, 4.69) is 10.6 Å². The molecule has 1 heterocycles. The molecule has 4 heteroatoms. The Morgan fingerprint density at radius 3 is 2.45 bits per heavy atom. The molecule has 0 bridgehead atoms. The molecular weight excluding hydrogens is 252 g/mol. The van der Waals surface area contributed by atoms with Gasteiger partial charge in [-0.2, -0.15) is 0 Å².